The van der Waals surface area contributed by atoms with Gasteiger partial charge in [0.25, 0.3) is 0 Å². The minimum absolute atomic E-state index is 0.0128. The number of hydrogen-bond acceptors (Lipinski definition) is 4. The number of aliphatic carboxylic acids is 1. The summed E-state index contributed by atoms with van der Waals surface area (Å²) in [5.41, 5.74) is 1.42. The number of para-hydroxylation sites is 1. The van der Waals surface area contributed by atoms with Crippen LogP contribution in [0, 0.1) is 5.92 Å². The van der Waals surface area contributed by atoms with E-state index >= 15 is 0 Å². The molecule has 116 valence electrons. The molecule has 1 amide bonds. The molecule has 0 saturated carbocycles. The van der Waals surface area contributed by atoms with Crippen LogP contribution in [0.1, 0.15) is 19.5 Å². The van der Waals surface area contributed by atoms with Crippen LogP contribution in [0.4, 0.5) is 4.79 Å². The normalized spacial score (nSPS) is 12.1. The number of benzene rings is 1. The highest BCUT2D eigenvalue weighted by Gasteiger charge is 2.24. The molecule has 1 aromatic carbocycles. The maximum Gasteiger partial charge on any atom is 0.408 e. The van der Waals surface area contributed by atoms with E-state index in [4.69, 9.17) is 9.84 Å². The van der Waals surface area contributed by atoms with Crippen LogP contribution in [0.25, 0.3) is 10.9 Å². The van der Waals surface area contributed by atoms with Crippen LogP contribution in [0.5, 0.6) is 0 Å². The van der Waals surface area contributed by atoms with Gasteiger partial charge in [0.2, 0.25) is 0 Å². The van der Waals surface area contributed by atoms with Crippen LogP contribution < -0.4 is 5.32 Å². The van der Waals surface area contributed by atoms with Gasteiger partial charge < -0.3 is 15.2 Å². The number of pyridine rings is 1. The summed E-state index contributed by atoms with van der Waals surface area (Å²) in [6.07, 6.45) is -0.768. The van der Waals surface area contributed by atoms with Crippen molar-refractivity contribution in [2.24, 2.45) is 5.92 Å². The fraction of sp³-hybridized carbons (Fsp3) is 0.312. The maximum absolute atomic E-state index is 11.7. The Kier molecular flexibility index (Phi) is 4.93. The topological polar surface area (TPSA) is 88.5 Å². The van der Waals surface area contributed by atoms with Crippen molar-refractivity contribution in [2.45, 2.75) is 26.5 Å². The molecule has 0 aliphatic rings. The van der Waals surface area contributed by atoms with Crippen molar-refractivity contribution >= 4 is 23.0 Å². The molecule has 6 nitrogen and oxygen atoms in total. The second-order valence-electron chi connectivity index (χ2n) is 5.28. The molecule has 0 aliphatic carbocycles. The third-order valence-electron chi connectivity index (χ3n) is 3.21. The Balaban J connectivity index is 1.96. The molecule has 2 rings (SSSR count). The molecule has 0 saturated heterocycles. The Labute approximate surface area is 128 Å². The lowest BCUT2D eigenvalue weighted by molar-refractivity contribution is -0.140. The van der Waals surface area contributed by atoms with E-state index in [0.29, 0.717) is 5.69 Å². The number of alkyl carbamates (subject to hydrolysis) is 1. The van der Waals surface area contributed by atoms with Crippen molar-refractivity contribution in [1.29, 1.82) is 0 Å². The van der Waals surface area contributed by atoms with Gasteiger partial charge in [0.05, 0.1) is 11.2 Å². The number of ether oxygens (including phenoxy) is 1. The molecule has 0 spiro atoms. The van der Waals surface area contributed by atoms with Gasteiger partial charge in [-0.1, -0.05) is 38.1 Å². The van der Waals surface area contributed by atoms with Gasteiger partial charge in [-0.3, -0.25) is 0 Å². The molecule has 0 aliphatic heterocycles. The summed E-state index contributed by atoms with van der Waals surface area (Å²) < 4.78 is 5.03. The summed E-state index contributed by atoms with van der Waals surface area (Å²) in [4.78, 5) is 27.1. The van der Waals surface area contributed by atoms with Gasteiger partial charge in [0.1, 0.15) is 12.6 Å². The lowest BCUT2D eigenvalue weighted by Crippen LogP contribution is -2.44. The highest BCUT2D eigenvalue weighted by atomic mass is 16.5. The maximum atomic E-state index is 11.7. The van der Waals surface area contributed by atoms with Crippen LogP contribution in [-0.2, 0) is 16.1 Å². The van der Waals surface area contributed by atoms with Gasteiger partial charge in [-0.05, 0) is 18.1 Å². The number of hydrogen-bond donors (Lipinski definition) is 2. The Morgan fingerprint density at radius 3 is 2.64 bits per heavy atom. The summed E-state index contributed by atoms with van der Waals surface area (Å²) in [7, 11) is 0. The first-order valence-electron chi connectivity index (χ1n) is 6.98. The molecule has 0 unspecified atom stereocenters. The molecule has 1 aromatic heterocycles. The standard InChI is InChI=1S/C16H18N2O4/c1-10(2)14(15(19)20)18-16(21)22-9-12-8-7-11-5-3-4-6-13(11)17-12/h3-8,10,14H,9H2,1-2H3,(H,18,21)(H,19,20)/t14-/m0/s1. The SMILES string of the molecule is CC(C)[C@H](NC(=O)OCc1ccc2ccccc2n1)C(=O)O. The second-order valence-corrected chi connectivity index (χ2v) is 5.28. The zero-order chi connectivity index (χ0) is 16.1. The third-order valence-corrected chi connectivity index (χ3v) is 3.21. The Hall–Kier alpha value is -2.63. The second kappa shape index (κ2) is 6.89. The number of carboxylic acid groups (broad SMARTS) is 1. The van der Waals surface area contributed by atoms with Gasteiger partial charge in [-0.15, -0.1) is 0 Å². The molecule has 0 radical (unpaired) electrons. The molecule has 22 heavy (non-hydrogen) atoms. The van der Waals surface area contributed by atoms with Crippen molar-refractivity contribution in [3.63, 3.8) is 0 Å². The summed E-state index contributed by atoms with van der Waals surface area (Å²) >= 11 is 0. The summed E-state index contributed by atoms with van der Waals surface area (Å²) in [6.45, 7) is 3.41. The van der Waals surface area contributed by atoms with E-state index in [1.165, 1.54) is 0 Å². The lowest BCUT2D eigenvalue weighted by atomic mass is 10.1. The number of carbonyl (C=O) groups is 2. The largest absolute Gasteiger partial charge is 0.480 e. The van der Waals surface area contributed by atoms with Crippen molar-refractivity contribution < 1.29 is 19.4 Å². The number of nitrogens with zero attached hydrogens (tertiary/aromatic N) is 1. The van der Waals surface area contributed by atoms with Crippen molar-refractivity contribution in [3.05, 3.63) is 42.1 Å². The average molecular weight is 302 g/mol. The zero-order valence-corrected chi connectivity index (χ0v) is 12.4. The Bertz CT molecular complexity index is 685. The molecule has 2 N–H and O–H groups in total. The van der Waals surface area contributed by atoms with Crippen LogP contribution in [0.15, 0.2) is 36.4 Å². The summed E-state index contributed by atoms with van der Waals surface area (Å²) in [5.74, 6) is -1.32. The molecule has 1 heterocycles. The molecule has 2 aromatic rings. The Morgan fingerprint density at radius 1 is 1.23 bits per heavy atom. The van der Waals surface area contributed by atoms with Gasteiger partial charge >= 0.3 is 12.1 Å². The summed E-state index contributed by atoms with van der Waals surface area (Å²) in [6, 6.07) is 10.3. The number of carboxylic acids is 1. The van der Waals surface area contributed by atoms with Crippen LogP contribution in [0.2, 0.25) is 0 Å². The zero-order valence-electron chi connectivity index (χ0n) is 12.4. The molecule has 0 bridgehead atoms. The molecular weight excluding hydrogens is 284 g/mol. The van der Waals surface area contributed by atoms with Crippen molar-refractivity contribution in [1.82, 2.24) is 10.3 Å². The van der Waals surface area contributed by atoms with Gasteiger partial charge in [-0.25, -0.2) is 14.6 Å². The van der Waals surface area contributed by atoms with E-state index in [-0.39, 0.29) is 12.5 Å². The number of aromatic nitrogens is 1. The van der Waals surface area contributed by atoms with E-state index in [1.807, 2.05) is 30.3 Å². The fourth-order valence-corrected chi connectivity index (χ4v) is 2.01. The first kappa shape index (κ1) is 15.8. The molecule has 1 atom stereocenters. The predicted octanol–water partition coefficient (Wildman–Crippen LogP) is 2.57. The van der Waals surface area contributed by atoms with Crippen LogP contribution in [-0.4, -0.2) is 28.2 Å². The van der Waals surface area contributed by atoms with Gasteiger partial charge in [0.15, 0.2) is 0 Å². The molecule has 0 fully saturated rings. The number of nitrogens with one attached hydrogen (secondary N) is 1. The van der Waals surface area contributed by atoms with Crippen molar-refractivity contribution in [2.75, 3.05) is 0 Å². The predicted molar refractivity (Wildman–Crippen MR) is 81.3 cm³/mol. The highest BCUT2D eigenvalue weighted by molar-refractivity contribution is 5.80. The molecular formula is C16H18N2O4. The van der Waals surface area contributed by atoms with Crippen molar-refractivity contribution in [3.8, 4) is 0 Å². The number of amides is 1. The summed E-state index contributed by atoms with van der Waals surface area (Å²) in [5, 5.41) is 12.3. The fourth-order valence-electron chi connectivity index (χ4n) is 2.01. The van der Waals surface area contributed by atoms with E-state index in [9.17, 15) is 9.59 Å². The number of fused-ring (bicyclic) bond motifs is 1. The van der Waals surface area contributed by atoms with Gasteiger partial charge in [-0.2, -0.15) is 0 Å². The van der Waals surface area contributed by atoms with Crippen LogP contribution >= 0.6 is 0 Å². The quantitative estimate of drug-likeness (QED) is 0.886. The number of carbonyl (C=O) groups excluding carboxylic acids is 1. The first-order chi connectivity index (χ1) is 10.5. The average Bonchev–Trinajstić information content (AvgIpc) is 2.49. The smallest absolute Gasteiger partial charge is 0.408 e. The monoisotopic (exact) mass is 302 g/mol. The minimum atomic E-state index is -1.09. The Morgan fingerprint density at radius 2 is 1.95 bits per heavy atom. The van der Waals surface area contributed by atoms with E-state index in [0.717, 1.165) is 10.9 Å². The third kappa shape index (κ3) is 3.94. The van der Waals surface area contributed by atoms with E-state index < -0.39 is 18.1 Å². The number of rotatable bonds is 5. The van der Waals surface area contributed by atoms with E-state index in [2.05, 4.69) is 10.3 Å². The lowest BCUT2D eigenvalue weighted by Gasteiger charge is -2.17. The minimum Gasteiger partial charge on any atom is -0.480 e. The highest BCUT2D eigenvalue weighted by Crippen LogP contribution is 2.12. The first-order valence-corrected chi connectivity index (χ1v) is 6.98. The van der Waals surface area contributed by atoms with E-state index in [1.54, 1.807) is 19.9 Å². The molecule has 6 heteroatoms. The van der Waals surface area contributed by atoms with Crippen LogP contribution in [0.3, 0.4) is 0 Å². The van der Waals surface area contributed by atoms with Gasteiger partial charge in [0, 0.05) is 5.39 Å².